The summed E-state index contributed by atoms with van der Waals surface area (Å²) in [5.41, 5.74) is 3.30. The van der Waals surface area contributed by atoms with Crippen molar-refractivity contribution in [2.24, 2.45) is 0 Å². The normalized spacial score (nSPS) is 14.4. The van der Waals surface area contributed by atoms with E-state index in [1.54, 1.807) is 19.5 Å². The Hall–Kier alpha value is -2.45. The summed E-state index contributed by atoms with van der Waals surface area (Å²) in [7, 11) is -1.63. The molecular weight excluding hydrogens is 366 g/mol. The van der Waals surface area contributed by atoms with E-state index in [4.69, 9.17) is 4.74 Å². The van der Waals surface area contributed by atoms with Crippen LogP contribution in [0, 0.1) is 0 Å². The van der Waals surface area contributed by atoms with Crippen LogP contribution in [0.15, 0.2) is 36.7 Å². The summed E-state index contributed by atoms with van der Waals surface area (Å²) in [5, 5.41) is 2.93. The fourth-order valence-electron chi connectivity index (χ4n) is 3.15. The monoisotopic (exact) mass is 389 g/mol. The maximum absolute atomic E-state index is 12.6. The molecule has 2 aromatic rings. The number of aromatic nitrogens is 1. The van der Waals surface area contributed by atoms with Gasteiger partial charge in [0.2, 0.25) is 10.0 Å². The van der Waals surface area contributed by atoms with Crippen LogP contribution >= 0.6 is 0 Å². The quantitative estimate of drug-likeness (QED) is 0.806. The highest BCUT2D eigenvalue weighted by atomic mass is 32.2. The lowest BCUT2D eigenvalue weighted by molar-refractivity contribution is 0.0952. The molecule has 7 nitrogen and oxygen atoms in total. The van der Waals surface area contributed by atoms with E-state index < -0.39 is 10.0 Å². The molecule has 1 aliphatic rings. The number of pyridine rings is 1. The van der Waals surface area contributed by atoms with E-state index >= 15 is 0 Å². The molecule has 0 unspecified atom stereocenters. The van der Waals surface area contributed by atoms with Crippen molar-refractivity contribution in [3.8, 4) is 5.75 Å². The first-order valence-corrected chi connectivity index (χ1v) is 10.6. The minimum Gasteiger partial charge on any atom is -0.497 e. The Morgan fingerprint density at radius 3 is 2.67 bits per heavy atom. The average molecular weight is 389 g/mol. The minimum atomic E-state index is -3.26. The summed E-state index contributed by atoms with van der Waals surface area (Å²) >= 11 is 0. The van der Waals surface area contributed by atoms with Crippen LogP contribution in [0.25, 0.3) is 0 Å². The van der Waals surface area contributed by atoms with Gasteiger partial charge in [0.1, 0.15) is 5.75 Å². The average Bonchev–Trinajstić information content (AvgIpc) is 2.66. The van der Waals surface area contributed by atoms with E-state index in [0.717, 1.165) is 22.4 Å². The standard InChI is InChI=1S/C19H23N3O4S/c1-26-16-5-3-14(4-6-16)7-9-21-19(23)18-12-20-11-15-13-22(27(2,24)25)10-8-17(15)18/h3-6,11-12H,7-10,13H2,1-2H3,(H,21,23). The third kappa shape index (κ3) is 4.64. The molecule has 0 fully saturated rings. The van der Waals surface area contributed by atoms with Gasteiger partial charge in [-0.1, -0.05) is 12.1 Å². The first-order valence-electron chi connectivity index (χ1n) is 8.70. The van der Waals surface area contributed by atoms with Crippen molar-refractivity contribution >= 4 is 15.9 Å². The van der Waals surface area contributed by atoms with Crippen molar-refractivity contribution in [2.75, 3.05) is 26.5 Å². The van der Waals surface area contributed by atoms with E-state index in [2.05, 4.69) is 10.3 Å². The van der Waals surface area contributed by atoms with Crippen LogP contribution in [0.4, 0.5) is 0 Å². The second-order valence-electron chi connectivity index (χ2n) is 6.53. The van der Waals surface area contributed by atoms with Gasteiger partial charge in [-0.05, 0) is 41.7 Å². The summed E-state index contributed by atoms with van der Waals surface area (Å²) in [4.78, 5) is 16.7. The zero-order chi connectivity index (χ0) is 19.4. The molecule has 1 aromatic carbocycles. The van der Waals surface area contributed by atoms with Gasteiger partial charge in [-0.15, -0.1) is 0 Å². The minimum absolute atomic E-state index is 0.180. The number of nitrogens with one attached hydrogen (secondary N) is 1. The summed E-state index contributed by atoms with van der Waals surface area (Å²) in [6.45, 7) is 1.14. The third-order valence-electron chi connectivity index (χ3n) is 4.68. The molecule has 8 heteroatoms. The predicted octanol–water partition coefficient (Wildman–Crippen LogP) is 1.38. The molecule has 0 aliphatic carbocycles. The van der Waals surface area contributed by atoms with Crippen LogP contribution in [-0.2, 0) is 29.4 Å². The smallest absolute Gasteiger partial charge is 0.253 e. The van der Waals surface area contributed by atoms with E-state index in [-0.39, 0.29) is 12.5 Å². The highest BCUT2D eigenvalue weighted by molar-refractivity contribution is 7.88. The number of carbonyl (C=O) groups is 1. The summed E-state index contributed by atoms with van der Waals surface area (Å²) < 4.78 is 30.0. The molecule has 2 heterocycles. The number of amides is 1. The number of nitrogens with zero attached hydrogens (tertiary/aromatic N) is 2. The van der Waals surface area contributed by atoms with Gasteiger partial charge in [0, 0.05) is 32.0 Å². The molecule has 0 bridgehead atoms. The fourth-order valence-corrected chi connectivity index (χ4v) is 3.95. The van der Waals surface area contributed by atoms with Crippen LogP contribution < -0.4 is 10.1 Å². The second-order valence-corrected chi connectivity index (χ2v) is 8.51. The number of carbonyl (C=O) groups excluding carboxylic acids is 1. The Kier molecular flexibility index (Phi) is 5.76. The van der Waals surface area contributed by atoms with E-state index in [1.807, 2.05) is 24.3 Å². The van der Waals surface area contributed by atoms with E-state index in [1.165, 1.54) is 10.6 Å². The maximum atomic E-state index is 12.6. The van der Waals surface area contributed by atoms with Crippen LogP contribution in [0.1, 0.15) is 27.0 Å². The highest BCUT2D eigenvalue weighted by Gasteiger charge is 2.26. The largest absolute Gasteiger partial charge is 0.497 e. The van der Waals surface area contributed by atoms with E-state index in [0.29, 0.717) is 31.5 Å². The molecular formula is C19H23N3O4S. The van der Waals surface area contributed by atoms with Gasteiger partial charge in [-0.3, -0.25) is 9.78 Å². The molecule has 144 valence electrons. The van der Waals surface area contributed by atoms with Crippen LogP contribution in [0.2, 0.25) is 0 Å². The summed E-state index contributed by atoms with van der Waals surface area (Å²) in [6.07, 6.45) is 5.60. The lowest BCUT2D eigenvalue weighted by atomic mass is 9.98. The Morgan fingerprint density at radius 2 is 2.00 bits per heavy atom. The Labute approximate surface area is 159 Å². The number of hydrogen-bond donors (Lipinski definition) is 1. The van der Waals surface area contributed by atoms with Crippen molar-refractivity contribution in [1.82, 2.24) is 14.6 Å². The molecule has 0 radical (unpaired) electrons. The van der Waals surface area contributed by atoms with Gasteiger partial charge in [0.05, 0.1) is 18.9 Å². The number of rotatable bonds is 6. The van der Waals surface area contributed by atoms with Crippen molar-refractivity contribution in [1.29, 1.82) is 0 Å². The van der Waals surface area contributed by atoms with Gasteiger partial charge in [-0.25, -0.2) is 8.42 Å². The third-order valence-corrected chi connectivity index (χ3v) is 5.93. The Balaban J connectivity index is 1.64. The van der Waals surface area contributed by atoms with Gasteiger partial charge < -0.3 is 10.1 Å². The molecule has 1 amide bonds. The zero-order valence-corrected chi connectivity index (χ0v) is 16.3. The van der Waals surface area contributed by atoms with Gasteiger partial charge >= 0.3 is 0 Å². The number of methoxy groups -OCH3 is 1. The topological polar surface area (TPSA) is 88.6 Å². The molecule has 0 saturated carbocycles. The molecule has 1 aromatic heterocycles. The lowest BCUT2D eigenvalue weighted by Crippen LogP contribution is -2.36. The highest BCUT2D eigenvalue weighted by Crippen LogP contribution is 2.23. The number of ether oxygens (including phenoxy) is 1. The van der Waals surface area contributed by atoms with Crippen molar-refractivity contribution in [3.63, 3.8) is 0 Å². The first-order chi connectivity index (χ1) is 12.9. The number of benzene rings is 1. The molecule has 0 spiro atoms. The van der Waals surface area contributed by atoms with Crippen LogP contribution in [0.5, 0.6) is 5.75 Å². The van der Waals surface area contributed by atoms with Crippen molar-refractivity contribution < 1.29 is 17.9 Å². The first kappa shape index (κ1) is 19.3. The van der Waals surface area contributed by atoms with Crippen molar-refractivity contribution in [3.05, 3.63) is 58.9 Å². The van der Waals surface area contributed by atoms with E-state index in [9.17, 15) is 13.2 Å². The lowest BCUT2D eigenvalue weighted by Gasteiger charge is -2.27. The SMILES string of the molecule is COc1ccc(CCNC(=O)c2cncc3c2CCN(S(C)(=O)=O)C3)cc1. The molecule has 1 N–H and O–H groups in total. The maximum Gasteiger partial charge on any atom is 0.253 e. The molecule has 1 aliphatic heterocycles. The second kappa shape index (κ2) is 8.06. The zero-order valence-electron chi connectivity index (χ0n) is 15.4. The van der Waals surface area contributed by atoms with Gasteiger partial charge in [0.15, 0.2) is 0 Å². The van der Waals surface area contributed by atoms with Gasteiger partial charge in [-0.2, -0.15) is 4.31 Å². The molecule has 27 heavy (non-hydrogen) atoms. The van der Waals surface area contributed by atoms with Crippen molar-refractivity contribution in [2.45, 2.75) is 19.4 Å². The number of fused-ring (bicyclic) bond motifs is 1. The number of sulfonamides is 1. The van der Waals surface area contributed by atoms with Gasteiger partial charge in [0.25, 0.3) is 5.91 Å². The Morgan fingerprint density at radius 1 is 1.26 bits per heavy atom. The van der Waals surface area contributed by atoms with Crippen LogP contribution in [-0.4, -0.2) is 50.1 Å². The van der Waals surface area contributed by atoms with Crippen LogP contribution in [0.3, 0.4) is 0 Å². The summed E-state index contributed by atoms with van der Waals surface area (Å²) in [5.74, 6) is 0.619. The number of hydrogen-bond acceptors (Lipinski definition) is 5. The summed E-state index contributed by atoms with van der Waals surface area (Å²) in [6, 6.07) is 7.72. The molecule has 0 atom stereocenters. The predicted molar refractivity (Wildman–Crippen MR) is 102 cm³/mol. The fraction of sp³-hybridized carbons (Fsp3) is 0.368. The molecule has 0 saturated heterocycles. The molecule has 3 rings (SSSR count). The Bertz CT molecular complexity index is 926.